The Hall–Kier alpha value is -1.33. The highest BCUT2D eigenvalue weighted by Gasteiger charge is 2.21. The van der Waals surface area contributed by atoms with Crippen molar-refractivity contribution in [1.29, 1.82) is 0 Å². The normalized spacial score (nSPS) is 15.3. The van der Waals surface area contributed by atoms with Gasteiger partial charge in [-0.3, -0.25) is 4.79 Å². The van der Waals surface area contributed by atoms with E-state index in [0.29, 0.717) is 13.2 Å². The molecule has 0 saturated heterocycles. The van der Waals surface area contributed by atoms with Crippen LogP contribution in [0, 0.1) is 5.92 Å². The van der Waals surface area contributed by atoms with Crippen LogP contribution in [0.5, 0.6) is 5.75 Å². The van der Waals surface area contributed by atoms with Crippen molar-refractivity contribution in [3.63, 3.8) is 0 Å². The third-order valence-electron chi connectivity index (χ3n) is 3.23. The molecule has 1 aromatic carbocycles. The monoisotopic (exact) mass is 339 g/mol. The van der Waals surface area contributed by atoms with Crippen LogP contribution >= 0.6 is 15.9 Å². The molecule has 20 heavy (non-hydrogen) atoms. The molecule has 0 spiro atoms. The van der Waals surface area contributed by atoms with Crippen molar-refractivity contribution < 1.29 is 14.6 Å². The van der Waals surface area contributed by atoms with Crippen LogP contribution in [-0.4, -0.2) is 30.3 Å². The molecule has 0 amide bonds. The van der Waals surface area contributed by atoms with Crippen molar-refractivity contribution in [1.82, 2.24) is 5.32 Å². The fourth-order valence-corrected chi connectivity index (χ4v) is 2.53. The number of fused-ring (bicyclic) bond motifs is 1. The van der Waals surface area contributed by atoms with Crippen molar-refractivity contribution in [3.05, 3.63) is 33.8 Å². The van der Waals surface area contributed by atoms with Crippen LogP contribution in [0.4, 0.5) is 0 Å². The third-order valence-corrected chi connectivity index (χ3v) is 3.72. The van der Waals surface area contributed by atoms with Crippen LogP contribution in [0.25, 0.3) is 6.08 Å². The smallest absolute Gasteiger partial charge is 0.320 e. The number of carbonyl (C=O) groups is 1. The van der Waals surface area contributed by atoms with E-state index < -0.39 is 12.0 Å². The number of benzene rings is 1. The average Bonchev–Trinajstić information content (AvgIpc) is 2.37. The number of halogens is 1. The molecule has 108 valence electrons. The lowest BCUT2D eigenvalue weighted by Crippen LogP contribution is -2.42. The Morgan fingerprint density at radius 3 is 2.90 bits per heavy atom. The van der Waals surface area contributed by atoms with Crippen LogP contribution in [0.2, 0.25) is 0 Å². The molecule has 1 atom stereocenters. The number of carboxylic acid groups (broad SMARTS) is 1. The minimum absolute atomic E-state index is 0.0408. The summed E-state index contributed by atoms with van der Waals surface area (Å²) in [5.41, 5.74) is 2.06. The van der Waals surface area contributed by atoms with Gasteiger partial charge in [0.05, 0.1) is 0 Å². The van der Waals surface area contributed by atoms with Gasteiger partial charge in [0.2, 0.25) is 0 Å². The summed E-state index contributed by atoms with van der Waals surface area (Å²) in [6, 6.07) is 5.31. The number of hydrogen-bond acceptors (Lipinski definition) is 3. The number of nitrogens with one attached hydrogen (secondary N) is 1. The van der Waals surface area contributed by atoms with E-state index in [4.69, 9.17) is 9.84 Å². The minimum Gasteiger partial charge on any atom is -0.489 e. The third kappa shape index (κ3) is 3.61. The summed E-state index contributed by atoms with van der Waals surface area (Å²) < 4.78 is 6.66. The van der Waals surface area contributed by atoms with Gasteiger partial charge in [-0.15, -0.1) is 0 Å². The Balaban J connectivity index is 2.06. The summed E-state index contributed by atoms with van der Waals surface area (Å²) >= 11 is 3.43. The Labute approximate surface area is 127 Å². The molecule has 4 nitrogen and oxygen atoms in total. The summed E-state index contributed by atoms with van der Waals surface area (Å²) in [4.78, 5) is 11.1. The highest BCUT2D eigenvalue weighted by atomic mass is 79.9. The topological polar surface area (TPSA) is 58.6 Å². The highest BCUT2D eigenvalue weighted by molar-refractivity contribution is 9.10. The van der Waals surface area contributed by atoms with Gasteiger partial charge in [0.15, 0.2) is 0 Å². The lowest BCUT2D eigenvalue weighted by Gasteiger charge is -2.22. The number of hydrogen-bond donors (Lipinski definition) is 2. The molecule has 2 rings (SSSR count). The molecule has 1 aliphatic heterocycles. The molecule has 0 bridgehead atoms. The maximum Gasteiger partial charge on any atom is 0.320 e. The van der Waals surface area contributed by atoms with Crippen molar-refractivity contribution in [2.45, 2.75) is 19.9 Å². The van der Waals surface area contributed by atoms with Crippen LogP contribution in [0.1, 0.15) is 19.4 Å². The van der Waals surface area contributed by atoms with Gasteiger partial charge in [-0.25, -0.2) is 0 Å². The first-order valence-corrected chi connectivity index (χ1v) is 7.34. The maximum absolute atomic E-state index is 11.1. The maximum atomic E-state index is 11.1. The molecular weight excluding hydrogens is 322 g/mol. The van der Waals surface area contributed by atoms with Gasteiger partial charge < -0.3 is 15.2 Å². The van der Waals surface area contributed by atoms with Crippen LogP contribution in [0.15, 0.2) is 28.2 Å². The first kappa shape index (κ1) is 15.1. The Bertz CT molecular complexity index is 540. The van der Waals surface area contributed by atoms with E-state index in [-0.39, 0.29) is 5.92 Å². The fourth-order valence-electron chi connectivity index (χ4n) is 2.15. The zero-order valence-electron chi connectivity index (χ0n) is 11.5. The largest absolute Gasteiger partial charge is 0.489 e. The quantitative estimate of drug-likeness (QED) is 0.865. The predicted octanol–water partition coefficient (Wildman–Crippen LogP) is 2.92. The Morgan fingerprint density at radius 1 is 1.50 bits per heavy atom. The summed E-state index contributed by atoms with van der Waals surface area (Å²) in [6.07, 6.45) is 2.05. The minimum atomic E-state index is -0.819. The van der Waals surface area contributed by atoms with Crippen molar-refractivity contribution in [3.8, 4) is 5.75 Å². The van der Waals surface area contributed by atoms with Gasteiger partial charge in [0, 0.05) is 16.6 Å². The second-order valence-electron chi connectivity index (χ2n) is 5.21. The van der Waals surface area contributed by atoms with E-state index in [1.165, 1.54) is 0 Å². The molecule has 0 unspecified atom stereocenters. The second-order valence-corrected chi connectivity index (χ2v) is 6.13. The summed E-state index contributed by atoms with van der Waals surface area (Å²) in [5, 5.41) is 12.2. The van der Waals surface area contributed by atoms with E-state index in [1.807, 2.05) is 32.0 Å². The molecule has 1 aromatic rings. The van der Waals surface area contributed by atoms with Gasteiger partial charge in [-0.2, -0.15) is 0 Å². The molecular formula is C15H18BrNO3. The Kier molecular flexibility index (Phi) is 4.83. The fraction of sp³-hybridized carbons (Fsp3) is 0.400. The Morgan fingerprint density at radius 2 is 2.25 bits per heavy atom. The van der Waals surface area contributed by atoms with Crippen LogP contribution in [0.3, 0.4) is 0 Å². The van der Waals surface area contributed by atoms with Crippen molar-refractivity contribution in [2.24, 2.45) is 5.92 Å². The zero-order valence-corrected chi connectivity index (χ0v) is 13.1. The van der Waals surface area contributed by atoms with E-state index >= 15 is 0 Å². The average molecular weight is 340 g/mol. The molecule has 0 saturated carbocycles. The summed E-state index contributed by atoms with van der Waals surface area (Å²) in [7, 11) is 0. The highest BCUT2D eigenvalue weighted by Crippen LogP contribution is 2.28. The van der Waals surface area contributed by atoms with E-state index in [2.05, 4.69) is 27.3 Å². The van der Waals surface area contributed by atoms with Gasteiger partial charge >= 0.3 is 5.97 Å². The first-order valence-electron chi connectivity index (χ1n) is 6.55. The SMILES string of the molecule is CC(C)[C@H](NCC1=Cc2cc(Br)ccc2OC1)C(=O)O. The molecule has 1 aliphatic rings. The number of aliphatic carboxylic acids is 1. The molecule has 5 heteroatoms. The number of rotatable bonds is 5. The van der Waals surface area contributed by atoms with E-state index in [0.717, 1.165) is 21.4 Å². The molecule has 0 aliphatic carbocycles. The van der Waals surface area contributed by atoms with E-state index in [9.17, 15) is 4.79 Å². The number of carboxylic acids is 1. The van der Waals surface area contributed by atoms with Crippen molar-refractivity contribution >= 4 is 28.0 Å². The molecule has 2 N–H and O–H groups in total. The standard InChI is InChI=1S/C15H18BrNO3/c1-9(2)14(15(18)19)17-7-10-5-11-6-12(16)3-4-13(11)20-8-10/h3-6,9,14,17H,7-8H2,1-2H3,(H,18,19)/t14-/m0/s1. The molecule has 0 aromatic heterocycles. The van der Waals surface area contributed by atoms with Gasteiger partial charge in [-0.1, -0.05) is 29.8 Å². The molecule has 0 fully saturated rings. The van der Waals surface area contributed by atoms with Crippen molar-refractivity contribution in [2.75, 3.05) is 13.2 Å². The summed E-state index contributed by atoms with van der Waals surface area (Å²) in [5.74, 6) is 0.0788. The van der Waals surface area contributed by atoms with E-state index in [1.54, 1.807) is 0 Å². The van der Waals surface area contributed by atoms with Gasteiger partial charge in [0.25, 0.3) is 0 Å². The zero-order chi connectivity index (χ0) is 14.7. The van der Waals surface area contributed by atoms with Gasteiger partial charge in [0.1, 0.15) is 18.4 Å². The number of ether oxygens (including phenoxy) is 1. The second kappa shape index (κ2) is 6.41. The lowest BCUT2D eigenvalue weighted by molar-refractivity contribution is -0.140. The van der Waals surface area contributed by atoms with Crippen LogP contribution in [-0.2, 0) is 4.79 Å². The molecule has 0 radical (unpaired) electrons. The summed E-state index contributed by atoms with van der Waals surface area (Å²) in [6.45, 7) is 4.79. The molecule has 1 heterocycles. The van der Waals surface area contributed by atoms with Gasteiger partial charge in [-0.05, 0) is 35.8 Å². The lowest BCUT2D eigenvalue weighted by atomic mass is 10.0. The first-order chi connectivity index (χ1) is 9.47. The van der Waals surface area contributed by atoms with Crippen LogP contribution < -0.4 is 10.1 Å². The predicted molar refractivity (Wildman–Crippen MR) is 81.9 cm³/mol.